The highest BCUT2D eigenvalue weighted by molar-refractivity contribution is 5.80. The molecule has 0 aromatic carbocycles. The molecule has 40 valence electrons. The van der Waals surface area contributed by atoms with E-state index in [0.717, 1.165) is 6.08 Å². The van der Waals surface area contributed by atoms with Crippen molar-refractivity contribution in [1.29, 1.82) is 0 Å². The van der Waals surface area contributed by atoms with E-state index in [0.29, 0.717) is 0 Å². The van der Waals surface area contributed by atoms with E-state index >= 15 is 0 Å². The van der Waals surface area contributed by atoms with Gasteiger partial charge in [0.05, 0.1) is 7.11 Å². The van der Waals surface area contributed by atoms with Gasteiger partial charge in [-0.15, -0.1) is 0 Å². The number of hydrogen-bond acceptors (Lipinski definition) is 2. The summed E-state index contributed by atoms with van der Waals surface area (Å²) in [7, 11) is 1.31. The van der Waals surface area contributed by atoms with Gasteiger partial charge in [0.25, 0.3) is 0 Å². The molecule has 0 fully saturated rings. The van der Waals surface area contributed by atoms with Crippen LogP contribution in [0.5, 0.6) is 0 Å². The molecular weight excluding hydrogens is 104 g/mol. The molecule has 0 unspecified atom stereocenters. The summed E-state index contributed by atoms with van der Waals surface area (Å²) in [5, 5.41) is 0. The van der Waals surface area contributed by atoms with Crippen molar-refractivity contribution in [2.75, 3.05) is 7.11 Å². The fourth-order valence-corrected chi connectivity index (χ4v) is 0.0833. The molecule has 0 amide bonds. The molecule has 0 N–H and O–H groups in total. The molecule has 0 atom stereocenters. The number of hydrogen-bond donors (Lipinski definition) is 0. The van der Waals surface area contributed by atoms with Crippen LogP contribution in [0.15, 0.2) is 12.7 Å². The van der Waals surface area contributed by atoms with Gasteiger partial charge >= 0.3 is 5.97 Å². The van der Waals surface area contributed by atoms with E-state index < -0.39 is 5.97 Å². The van der Waals surface area contributed by atoms with Gasteiger partial charge in [-0.25, -0.2) is 4.79 Å². The van der Waals surface area contributed by atoms with E-state index in [1.807, 2.05) is 0 Å². The van der Waals surface area contributed by atoms with Gasteiger partial charge < -0.3 is 4.74 Å². The predicted octanol–water partition coefficient (Wildman–Crippen LogP) is 0.457. The normalized spacial score (nSPS) is 5.86. The fourth-order valence-electron chi connectivity index (χ4n) is 0.0833. The highest BCUT2D eigenvalue weighted by Gasteiger charge is 1.81. The first-order chi connectivity index (χ1) is 2.81. The Labute approximate surface area is 61.7 Å². The van der Waals surface area contributed by atoms with Crippen LogP contribution in [0.3, 0.4) is 0 Å². The summed E-state index contributed by atoms with van der Waals surface area (Å²) in [6.45, 7) is 3.16. The first kappa shape index (κ1) is 10.1. The van der Waals surface area contributed by atoms with Gasteiger partial charge in [-0.2, -0.15) is 0 Å². The molecular formula is C4H10MgO2. The summed E-state index contributed by atoms with van der Waals surface area (Å²) in [4.78, 5) is 9.84. The van der Waals surface area contributed by atoms with Gasteiger partial charge in [-0.05, 0) is 0 Å². The first-order valence-electron chi connectivity index (χ1n) is 1.51. The number of esters is 1. The number of carbonyl (C=O) groups is 1. The molecule has 0 aliphatic carbocycles. The lowest BCUT2D eigenvalue weighted by atomic mass is 10.7. The summed E-state index contributed by atoms with van der Waals surface area (Å²) >= 11 is 0. The highest BCUT2D eigenvalue weighted by atomic mass is 24.3. The van der Waals surface area contributed by atoms with Crippen molar-refractivity contribution in [3.63, 3.8) is 0 Å². The standard InChI is InChI=1S/C4H6O2.Mg.2H2/c1-3-4(5)6-2;;;/h3H,1H2,2H3;;2*1H. The topological polar surface area (TPSA) is 26.3 Å². The molecule has 0 saturated carbocycles. The number of rotatable bonds is 1. The van der Waals surface area contributed by atoms with Crippen LogP contribution >= 0.6 is 0 Å². The van der Waals surface area contributed by atoms with Crippen LogP contribution in [-0.2, 0) is 9.53 Å². The second-order valence-corrected chi connectivity index (χ2v) is 0.727. The fraction of sp³-hybridized carbons (Fsp3) is 0.250. The largest absolute Gasteiger partial charge is 0.466 e. The lowest BCUT2D eigenvalue weighted by Crippen LogP contribution is -1.91. The van der Waals surface area contributed by atoms with Crippen molar-refractivity contribution in [2.24, 2.45) is 0 Å². The van der Waals surface area contributed by atoms with Crippen LogP contribution in [-0.4, -0.2) is 36.1 Å². The summed E-state index contributed by atoms with van der Waals surface area (Å²) in [6, 6.07) is 0. The SMILES string of the molecule is C=CC(=O)OC.[HH].[HH].[Mg]. The average molecular weight is 114 g/mol. The number of ether oxygens (including phenoxy) is 1. The molecule has 3 heteroatoms. The summed E-state index contributed by atoms with van der Waals surface area (Å²) in [5.74, 6) is -0.394. The number of methoxy groups -OCH3 is 1. The minimum absolute atomic E-state index is 0. The molecule has 2 nitrogen and oxygen atoms in total. The van der Waals surface area contributed by atoms with Gasteiger partial charge in [-0.3, -0.25) is 0 Å². The first-order valence-corrected chi connectivity index (χ1v) is 1.51. The van der Waals surface area contributed by atoms with Gasteiger partial charge in [0.1, 0.15) is 0 Å². The molecule has 0 aromatic rings. The molecule has 0 aromatic heterocycles. The Balaban J connectivity index is -0.0000000417. The molecule has 0 rings (SSSR count). The molecule has 0 aliphatic rings. The van der Waals surface area contributed by atoms with E-state index in [1.54, 1.807) is 0 Å². The van der Waals surface area contributed by atoms with Gasteiger partial charge in [-0.1, -0.05) is 6.58 Å². The van der Waals surface area contributed by atoms with E-state index in [-0.39, 0.29) is 25.9 Å². The van der Waals surface area contributed by atoms with E-state index in [4.69, 9.17) is 0 Å². The Morgan fingerprint density at radius 2 is 2.43 bits per heavy atom. The summed E-state index contributed by atoms with van der Waals surface area (Å²) < 4.78 is 4.14. The van der Waals surface area contributed by atoms with Gasteiger partial charge in [0, 0.05) is 32.0 Å². The minimum Gasteiger partial charge on any atom is -0.466 e. The van der Waals surface area contributed by atoms with Crippen LogP contribution in [0.25, 0.3) is 0 Å². The van der Waals surface area contributed by atoms with E-state index in [1.165, 1.54) is 7.11 Å². The summed E-state index contributed by atoms with van der Waals surface area (Å²) in [5.41, 5.74) is 0. The van der Waals surface area contributed by atoms with Crippen molar-refractivity contribution in [3.8, 4) is 0 Å². The Bertz CT molecular complexity index is 77.0. The van der Waals surface area contributed by atoms with Crippen LogP contribution in [0.4, 0.5) is 0 Å². The van der Waals surface area contributed by atoms with Gasteiger partial charge in [0.2, 0.25) is 0 Å². The Morgan fingerprint density at radius 3 is 2.43 bits per heavy atom. The molecule has 0 bridgehead atoms. The van der Waals surface area contributed by atoms with Crippen LogP contribution < -0.4 is 0 Å². The molecule has 0 saturated heterocycles. The maximum Gasteiger partial charge on any atom is 0.329 e. The zero-order valence-corrected chi connectivity index (χ0v) is 5.72. The van der Waals surface area contributed by atoms with E-state index in [9.17, 15) is 4.79 Å². The van der Waals surface area contributed by atoms with Crippen molar-refractivity contribution >= 4 is 29.0 Å². The Hall–Kier alpha value is -0.0238. The third-order valence-corrected chi connectivity index (χ3v) is 0.368. The molecule has 7 heavy (non-hydrogen) atoms. The lowest BCUT2D eigenvalue weighted by molar-refractivity contribution is -0.134. The minimum atomic E-state index is -0.394. The Kier molecular flexibility index (Phi) is 8.59. The zero-order chi connectivity index (χ0) is 4.99. The van der Waals surface area contributed by atoms with Crippen LogP contribution in [0, 0.1) is 0 Å². The quantitative estimate of drug-likeness (QED) is 0.281. The van der Waals surface area contributed by atoms with Crippen molar-refractivity contribution in [3.05, 3.63) is 12.7 Å². The maximum absolute atomic E-state index is 9.84. The van der Waals surface area contributed by atoms with E-state index in [2.05, 4.69) is 11.3 Å². The zero-order valence-electron chi connectivity index (χ0n) is 4.31. The second-order valence-electron chi connectivity index (χ2n) is 0.727. The number of carbonyl (C=O) groups excluding carboxylic acids is 1. The molecule has 0 aliphatic heterocycles. The average Bonchev–Trinajstić information content (AvgIpc) is 1.65. The van der Waals surface area contributed by atoms with Crippen LogP contribution in [0.2, 0.25) is 0 Å². The van der Waals surface area contributed by atoms with Crippen molar-refractivity contribution in [2.45, 2.75) is 0 Å². The molecule has 2 radical (unpaired) electrons. The Morgan fingerprint density at radius 1 is 2.00 bits per heavy atom. The maximum atomic E-state index is 9.84. The van der Waals surface area contributed by atoms with Gasteiger partial charge in [0.15, 0.2) is 0 Å². The second kappa shape index (κ2) is 5.98. The van der Waals surface area contributed by atoms with Crippen molar-refractivity contribution < 1.29 is 12.4 Å². The third kappa shape index (κ3) is 5.98. The monoisotopic (exact) mass is 114 g/mol. The van der Waals surface area contributed by atoms with Crippen LogP contribution in [0.1, 0.15) is 2.85 Å². The predicted molar refractivity (Wildman–Crippen MR) is 32.2 cm³/mol. The summed E-state index contributed by atoms with van der Waals surface area (Å²) in [6.07, 6.45) is 1.11. The lowest BCUT2D eigenvalue weighted by Gasteiger charge is -1.83. The van der Waals surface area contributed by atoms with Crippen molar-refractivity contribution in [1.82, 2.24) is 0 Å². The molecule has 0 spiro atoms. The third-order valence-electron chi connectivity index (χ3n) is 0.368. The molecule has 0 heterocycles. The smallest absolute Gasteiger partial charge is 0.329 e. The highest BCUT2D eigenvalue weighted by Crippen LogP contribution is 1.67.